The summed E-state index contributed by atoms with van der Waals surface area (Å²) in [6, 6.07) is 7.27. The van der Waals surface area contributed by atoms with E-state index in [1.165, 1.54) is 0 Å². The summed E-state index contributed by atoms with van der Waals surface area (Å²) in [7, 11) is 0. The van der Waals surface area contributed by atoms with Crippen LogP contribution in [-0.2, 0) is 6.54 Å². The Balaban J connectivity index is 0.00000144. The van der Waals surface area contributed by atoms with Crippen LogP contribution in [0.1, 0.15) is 12.5 Å². The first-order chi connectivity index (χ1) is 7.79. The van der Waals surface area contributed by atoms with Crippen LogP contribution in [0.5, 0.6) is 5.75 Å². The summed E-state index contributed by atoms with van der Waals surface area (Å²) in [5.41, 5.74) is 1.06. The Kier molecular flexibility index (Phi) is 5.28. The Bertz CT molecular complexity index is 395. The lowest BCUT2D eigenvalue weighted by molar-refractivity contribution is 0.465. The van der Waals surface area contributed by atoms with Crippen LogP contribution < -0.4 is 5.32 Å². The van der Waals surface area contributed by atoms with Gasteiger partial charge < -0.3 is 15.3 Å². The third kappa shape index (κ3) is 3.63. The maximum Gasteiger partial charge on any atom is 0.194 e. The van der Waals surface area contributed by atoms with Crippen LogP contribution >= 0.6 is 17.0 Å². The van der Waals surface area contributed by atoms with Crippen molar-refractivity contribution in [2.45, 2.75) is 13.5 Å². The van der Waals surface area contributed by atoms with Gasteiger partial charge in [-0.15, -0.1) is 17.0 Å². The molecule has 1 aliphatic rings. The summed E-state index contributed by atoms with van der Waals surface area (Å²) in [6.45, 7) is 5.67. The largest absolute Gasteiger partial charge is 0.508 e. The first-order valence-corrected chi connectivity index (χ1v) is 5.61. The predicted octanol–water partition coefficient (Wildman–Crippen LogP) is 1.75. The fraction of sp³-hybridized carbons (Fsp3) is 0.417. The van der Waals surface area contributed by atoms with Gasteiger partial charge in [-0.2, -0.15) is 0 Å². The van der Waals surface area contributed by atoms with E-state index in [1.807, 2.05) is 12.1 Å². The fourth-order valence-electron chi connectivity index (χ4n) is 1.81. The first kappa shape index (κ1) is 13.8. The van der Waals surface area contributed by atoms with Crippen molar-refractivity contribution >= 4 is 22.9 Å². The lowest BCUT2D eigenvalue weighted by Gasteiger charge is -2.18. The van der Waals surface area contributed by atoms with Crippen LogP contribution in [0.2, 0.25) is 0 Å². The Morgan fingerprint density at radius 1 is 1.47 bits per heavy atom. The average molecular weight is 300 g/mol. The van der Waals surface area contributed by atoms with Gasteiger partial charge >= 0.3 is 0 Å². The highest BCUT2D eigenvalue weighted by atomic mass is 79.9. The van der Waals surface area contributed by atoms with Crippen LogP contribution in [0.25, 0.3) is 0 Å². The molecule has 94 valence electrons. The van der Waals surface area contributed by atoms with Crippen molar-refractivity contribution in [1.29, 1.82) is 0 Å². The number of hydrogen-bond acceptors (Lipinski definition) is 4. The van der Waals surface area contributed by atoms with Crippen LogP contribution in [0, 0.1) is 0 Å². The number of benzene rings is 1. The maximum absolute atomic E-state index is 9.33. The fourth-order valence-corrected chi connectivity index (χ4v) is 1.81. The zero-order chi connectivity index (χ0) is 11.4. The van der Waals surface area contributed by atoms with E-state index in [9.17, 15) is 5.11 Å². The number of halogens is 1. The van der Waals surface area contributed by atoms with Gasteiger partial charge in [0.1, 0.15) is 5.75 Å². The molecule has 0 bridgehead atoms. The van der Waals surface area contributed by atoms with Crippen molar-refractivity contribution in [1.82, 2.24) is 10.2 Å². The standard InChI is InChI=1S/C12H17N3O.BrH/c1-2-15-7-6-13-12(15)14-9-10-4-3-5-11(16)8-10;/h3-5,8,16H,2,6-7,9H2,1H3,(H,13,14);1H. The summed E-state index contributed by atoms with van der Waals surface area (Å²) in [5.74, 6) is 1.27. The molecule has 1 heterocycles. The Morgan fingerprint density at radius 2 is 2.29 bits per heavy atom. The van der Waals surface area contributed by atoms with Crippen molar-refractivity contribution in [2.24, 2.45) is 4.99 Å². The van der Waals surface area contributed by atoms with E-state index in [0.29, 0.717) is 12.3 Å². The number of rotatable bonds is 3. The topological polar surface area (TPSA) is 47.9 Å². The van der Waals surface area contributed by atoms with Crippen molar-refractivity contribution in [3.8, 4) is 5.75 Å². The van der Waals surface area contributed by atoms with E-state index in [1.54, 1.807) is 12.1 Å². The number of guanidine groups is 1. The average Bonchev–Trinajstić information content (AvgIpc) is 2.74. The predicted molar refractivity (Wildman–Crippen MR) is 74.8 cm³/mol. The molecule has 1 aromatic rings. The van der Waals surface area contributed by atoms with Crippen LogP contribution in [0.4, 0.5) is 0 Å². The molecule has 2 N–H and O–H groups in total. The lowest BCUT2D eigenvalue weighted by Crippen LogP contribution is -2.37. The second kappa shape index (κ2) is 6.49. The van der Waals surface area contributed by atoms with Crippen molar-refractivity contribution in [2.75, 3.05) is 19.6 Å². The zero-order valence-corrected chi connectivity index (χ0v) is 11.6. The summed E-state index contributed by atoms with van der Waals surface area (Å²) in [5, 5.41) is 12.6. The molecule has 0 fully saturated rings. The third-order valence-electron chi connectivity index (χ3n) is 2.67. The number of aliphatic imine (C=N–C) groups is 1. The zero-order valence-electron chi connectivity index (χ0n) is 9.89. The van der Waals surface area contributed by atoms with Gasteiger partial charge in [0.05, 0.1) is 6.54 Å². The van der Waals surface area contributed by atoms with Crippen molar-refractivity contribution in [3.63, 3.8) is 0 Å². The van der Waals surface area contributed by atoms with E-state index in [2.05, 4.69) is 22.1 Å². The summed E-state index contributed by atoms with van der Waals surface area (Å²) < 4.78 is 0. The molecule has 1 aliphatic heterocycles. The number of phenolic OH excluding ortho intramolecular Hbond substituents is 1. The molecule has 0 unspecified atom stereocenters. The quantitative estimate of drug-likeness (QED) is 0.894. The Morgan fingerprint density at radius 3 is 3.00 bits per heavy atom. The van der Waals surface area contributed by atoms with Gasteiger partial charge in [0.25, 0.3) is 0 Å². The monoisotopic (exact) mass is 299 g/mol. The summed E-state index contributed by atoms with van der Waals surface area (Å²) in [6.07, 6.45) is 0. The van der Waals surface area contributed by atoms with E-state index in [-0.39, 0.29) is 17.0 Å². The maximum atomic E-state index is 9.33. The second-order valence-corrected chi connectivity index (χ2v) is 3.81. The van der Waals surface area contributed by atoms with E-state index in [4.69, 9.17) is 0 Å². The van der Waals surface area contributed by atoms with Crippen LogP contribution in [0.3, 0.4) is 0 Å². The van der Waals surface area contributed by atoms with Crippen molar-refractivity contribution in [3.05, 3.63) is 29.8 Å². The number of hydrogen-bond donors (Lipinski definition) is 2. The smallest absolute Gasteiger partial charge is 0.194 e. The highest BCUT2D eigenvalue weighted by molar-refractivity contribution is 8.93. The molecule has 0 atom stereocenters. The molecule has 0 aliphatic carbocycles. The highest BCUT2D eigenvalue weighted by Crippen LogP contribution is 2.10. The molecule has 5 heteroatoms. The van der Waals surface area contributed by atoms with Gasteiger partial charge in [0.2, 0.25) is 0 Å². The van der Waals surface area contributed by atoms with Crippen LogP contribution in [-0.4, -0.2) is 35.6 Å². The van der Waals surface area contributed by atoms with Crippen molar-refractivity contribution < 1.29 is 5.11 Å². The van der Waals surface area contributed by atoms with Crippen LogP contribution in [0.15, 0.2) is 29.3 Å². The molecule has 1 aromatic carbocycles. The molecule has 4 nitrogen and oxygen atoms in total. The summed E-state index contributed by atoms with van der Waals surface area (Å²) >= 11 is 0. The van der Waals surface area contributed by atoms with Gasteiger partial charge in [-0.1, -0.05) is 12.1 Å². The molecule has 0 saturated carbocycles. The lowest BCUT2D eigenvalue weighted by atomic mass is 10.2. The first-order valence-electron chi connectivity index (χ1n) is 5.61. The van der Waals surface area contributed by atoms with Gasteiger partial charge in [-0.05, 0) is 24.6 Å². The van der Waals surface area contributed by atoms with Gasteiger partial charge in [-0.25, -0.2) is 0 Å². The SMILES string of the molecule is Br.CCN1CCN=C1NCc1cccc(O)c1. The molecular weight excluding hydrogens is 282 g/mol. The second-order valence-electron chi connectivity index (χ2n) is 3.81. The Labute approximate surface area is 112 Å². The minimum atomic E-state index is 0. The third-order valence-corrected chi connectivity index (χ3v) is 2.67. The molecular formula is C12H18BrN3O. The molecule has 0 amide bonds. The Hall–Kier alpha value is -1.23. The molecule has 0 aromatic heterocycles. The molecule has 0 radical (unpaired) electrons. The minimum absolute atomic E-state index is 0. The summed E-state index contributed by atoms with van der Waals surface area (Å²) in [4.78, 5) is 6.61. The van der Waals surface area contributed by atoms with E-state index >= 15 is 0 Å². The number of nitrogens with one attached hydrogen (secondary N) is 1. The molecule has 17 heavy (non-hydrogen) atoms. The number of likely N-dealkylation sites (N-methyl/N-ethyl adjacent to an activating group) is 1. The molecule has 0 spiro atoms. The van der Waals surface area contributed by atoms with E-state index < -0.39 is 0 Å². The van der Waals surface area contributed by atoms with Gasteiger partial charge in [0.15, 0.2) is 5.96 Å². The number of aromatic hydroxyl groups is 1. The molecule has 2 rings (SSSR count). The highest BCUT2D eigenvalue weighted by Gasteiger charge is 2.13. The molecule has 0 saturated heterocycles. The van der Waals surface area contributed by atoms with Gasteiger partial charge in [-0.3, -0.25) is 4.99 Å². The van der Waals surface area contributed by atoms with Gasteiger partial charge in [0, 0.05) is 19.6 Å². The number of nitrogens with zero attached hydrogens (tertiary/aromatic N) is 2. The van der Waals surface area contributed by atoms with E-state index in [0.717, 1.165) is 31.2 Å². The minimum Gasteiger partial charge on any atom is -0.508 e. The normalized spacial score (nSPS) is 14.2. The number of phenols is 1.